The SMILES string of the molecule is CCCNCCc1ccccc1COC1CCCCC1C. The van der Waals surface area contributed by atoms with E-state index in [1.807, 2.05) is 0 Å². The minimum Gasteiger partial charge on any atom is -0.373 e. The van der Waals surface area contributed by atoms with E-state index < -0.39 is 0 Å². The van der Waals surface area contributed by atoms with E-state index in [9.17, 15) is 0 Å². The van der Waals surface area contributed by atoms with E-state index in [4.69, 9.17) is 4.74 Å². The second-order valence-electron chi connectivity index (χ2n) is 6.38. The van der Waals surface area contributed by atoms with Crippen molar-refractivity contribution in [1.82, 2.24) is 5.32 Å². The van der Waals surface area contributed by atoms with Crippen LogP contribution in [0.2, 0.25) is 0 Å². The predicted molar refractivity (Wildman–Crippen MR) is 89.5 cm³/mol. The molecule has 0 amide bonds. The van der Waals surface area contributed by atoms with Crippen molar-refractivity contribution in [2.75, 3.05) is 13.1 Å². The fourth-order valence-electron chi connectivity index (χ4n) is 3.19. The van der Waals surface area contributed by atoms with Gasteiger partial charge in [0.05, 0.1) is 12.7 Å². The van der Waals surface area contributed by atoms with Gasteiger partial charge >= 0.3 is 0 Å². The van der Waals surface area contributed by atoms with Crippen LogP contribution in [0.25, 0.3) is 0 Å². The summed E-state index contributed by atoms with van der Waals surface area (Å²) in [5.41, 5.74) is 2.80. The highest BCUT2D eigenvalue weighted by atomic mass is 16.5. The molecule has 1 aliphatic rings. The molecule has 2 atom stereocenters. The Morgan fingerprint density at radius 1 is 1.10 bits per heavy atom. The van der Waals surface area contributed by atoms with Crippen molar-refractivity contribution in [2.45, 2.75) is 65.1 Å². The maximum Gasteiger partial charge on any atom is 0.0723 e. The molecule has 1 aliphatic carbocycles. The van der Waals surface area contributed by atoms with Crippen LogP contribution in [0.3, 0.4) is 0 Å². The standard InChI is InChI=1S/C19H31NO/c1-3-13-20-14-12-17-9-5-6-10-18(17)15-21-19-11-7-4-8-16(19)2/h5-6,9-10,16,19-20H,3-4,7-8,11-15H2,1-2H3. The Labute approximate surface area is 130 Å². The van der Waals surface area contributed by atoms with Crippen LogP contribution in [0.5, 0.6) is 0 Å². The molecule has 0 radical (unpaired) electrons. The topological polar surface area (TPSA) is 21.3 Å². The molecular formula is C19H31NO. The lowest BCUT2D eigenvalue weighted by atomic mass is 9.88. The van der Waals surface area contributed by atoms with Gasteiger partial charge in [0.15, 0.2) is 0 Å². The largest absolute Gasteiger partial charge is 0.373 e. The van der Waals surface area contributed by atoms with Gasteiger partial charge in [0, 0.05) is 0 Å². The van der Waals surface area contributed by atoms with Crippen LogP contribution >= 0.6 is 0 Å². The summed E-state index contributed by atoms with van der Waals surface area (Å²) in [4.78, 5) is 0. The van der Waals surface area contributed by atoms with E-state index in [0.717, 1.165) is 32.0 Å². The highest BCUT2D eigenvalue weighted by Gasteiger charge is 2.21. The molecule has 1 saturated carbocycles. The first-order chi connectivity index (χ1) is 10.3. The molecule has 1 N–H and O–H groups in total. The van der Waals surface area contributed by atoms with E-state index in [1.54, 1.807) is 0 Å². The van der Waals surface area contributed by atoms with Crippen molar-refractivity contribution in [2.24, 2.45) is 5.92 Å². The van der Waals surface area contributed by atoms with Crippen molar-refractivity contribution in [3.8, 4) is 0 Å². The molecule has 0 heterocycles. The maximum atomic E-state index is 6.23. The van der Waals surface area contributed by atoms with Gasteiger partial charge in [0.25, 0.3) is 0 Å². The molecule has 2 unspecified atom stereocenters. The number of hydrogen-bond donors (Lipinski definition) is 1. The summed E-state index contributed by atoms with van der Waals surface area (Å²) < 4.78 is 6.23. The third-order valence-electron chi connectivity index (χ3n) is 4.60. The van der Waals surface area contributed by atoms with Crippen LogP contribution in [-0.4, -0.2) is 19.2 Å². The van der Waals surface area contributed by atoms with Gasteiger partial charge < -0.3 is 10.1 Å². The first-order valence-electron chi connectivity index (χ1n) is 8.70. The van der Waals surface area contributed by atoms with Gasteiger partial charge in [-0.1, -0.05) is 51.0 Å². The molecule has 0 spiro atoms. The summed E-state index contributed by atoms with van der Waals surface area (Å²) in [5, 5.41) is 3.48. The minimum atomic E-state index is 0.463. The van der Waals surface area contributed by atoms with Crippen molar-refractivity contribution in [1.29, 1.82) is 0 Å². The van der Waals surface area contributed by atoms with Crippen molar-refractivity contribution >= 4 is 0 Å². The Morgan fingerprint density at radius 2 is 1.86 bits per heavy atom. The molecule has 1 fully saturated rings. The number of benzene rings is 1. The molecule has 0 saturated heterocycles. The monoisotopic (exact) mass is 289 g/mol. The van der Waals surface area contributed by atoms with Crippen LogP contribution in [0.4, 0.5) is 0 Å². The summed E-state index contributed by atoms with van der Waals surface area (Å²) in [6, 6.07) is 8.74. The van der Waals surface area contributed by atoms with E-state index in [1.165, 1.54) is 43.2 Å². The minimum absolute atomic E-state index is 0.463. The smallest absolute Gasteiger partial charge is 0.0723 e. The van der Waals surface area contributed by atoms with Crippen molar-refractivity contribution in [3.05, 3.63) is 35.4 Å². The molecule has 21 heavy (non-hydrogen) atoms. The normalized spacial score (nSPS) is 22.4. The van der Waals surface area contributed by atoms with Gasteiger partial charge in [-0.15, -0.1) is 0 Å². The van der Waals surface area contributed by atoms with Gasteiger partial charge in [-0.3, -0.25) is 0 Å². The van der Waals surface area contributed by atoms with E-state index >= 15 is 0 Å². The van der Waals surface area contributed by atoms with E-state index in [2.05, 4.69) is 43.4 Å². The fourth-order valence-corrected chi connectivity index (χ4v) is 3.19. The van der Waals surface area contributed by atoms with Crippen molar-refractivity contribution in [3.63, 3.8) is 0 Å². The highest BCUT2D eigenvalue weighted by Crippen LogP contribution is 2.27. The molecule has 2 heteroatoms. The van der Waals surface area contributed by atoms with Gasteiger partial charge in [0.1, 0.15) is 0 Å². The van der Waals surface area contributed by atoms with Crippen LogP contribution in [0.1, 0.15) is 57.1 Å². The lowest BCUT2D eigenvalue weighted by molar-refractivity contribution is -0.0157. The quantitative estimate of drug-likeness (QED) is 0.719. The van der Waals surface area contributed by atoms with Crippen LogP contribution in [0, 0.1) is 5.92 Å². The summed E-state index contributed by atoms with van der Waals surface area (Å²) >= 11 is 0. The van der Waals surface area contributed by atoms with Crippen LogP contribution in [0.15, 0.2) is 24.3 Å². The Bertz CT molecular complexity index is 404. The number of hydrogen-bond acceptors (Lipinski definition) is 2. The predicted octanol–water partition coefficient (Wildman–Crippen LogP) is 4.32. The molecule has 1 aromatic carbocycles. The second kappa shape index (κ2) is 9.22. The zero-order valence-electron chi connectivity index (χ0n) is 13.7. The first-order valence-corrected chi connectivity index (χ1v) is 8.70. The summed E-state index contributed by atoms with van der Waals surface area (Å²) in [6.45, 7) is 7.49. The van der Waals surface area contributed by atoms with Gasteiger partial charge in [-0.25, -0.2) is 0 Å². The average molecular weight is 289 g/mol. The maximum absolute atomic E-state index is 6.23. The molecule has 0 aliphatic heterocycles. The third kappa shape index (κ3) is 5.44. The summed E-state index contributed by atoms with van der Waals surface area (Å²) in [6.07, 6.45) is 8.03. The molecule has 118 valence electrons. The number of nitrogens with one attached hydrogen (secondary N) is 1. The fraction of sp³-hybridized carbons (Fsp3) is 0.684. The summed E-state index contributed by atoms with van der Waals surface area (Å²) in [7, 11) is 0. The van der Waals surface area contributed by atoms with Gasteiger partial charge in [-0.2, -0.15) is 0 Å². The Balaban J connectivity index is 1.84. The van der Waals surface area contributed by atoms with E-state index in [0.29, 0.717) is 6.10 Å². The first kappa shape index (κ1) is 16.5. The molecule has 2 rings (SSSR count). The van der Waals surface area contributed by atoms with Gasteiger partial charge in [-0.05, 0) is 55.8 Å². The molecular weight excluding hydrogens is 258 g/mol. The third-order valence-corrected chi connectivity index (χ3v) is 4.60. The lowest BCUT2D eigenvalue weighted by Gasteiger charge is -2.29. The number of ether oxygens (including phenoxy) is 1. The Kier molecular flexibility index (Phi) is 7.25. The Hall–Kier alpha value is -0.860. The molecule has 1 aromatic rings. The lowest BCUT2D eigenvalue weighted by Crippen LogP contribution is -2.25. The molecule has 0 aromatic heterocycles. The van der Waals surface area contributed by atoms with Gasteiger partial charge in [0.2, 0.25) is 0 Å². The average Bonchev–Trinajstić information content (AvgIpc) is 2.52. The highest BCUT2D eigenvalue weighted by molar-refractivity contribution is 5.26. The zero-order valence-corrected chi connectivity index (χ0v) is 13.7. The zero-order chi connectivity index (χ0) is 14.9. The summed E-state index contributed by atoms with van der Waals surface area (Å²) in [5.74, 6) is 0.720. The molecule has 0 bridgehead atoms. The number of rotatable bonds is 8. The van der Waals surface area contributed by atoms with Crippen molar-refractivity contribution < 1.29 is 4.74 Å². The Morgan fingerprint density at radius 3 is 2.62 bits per heavy atom. The molecule has 2 nitrogen and oxygen atoms in total. The second-order valence-corrected chi connectivity index (χ2v) is 6.38. The van der Waals surface area contributed by atoms with Crippen LogP contribution in [-0.2, 0) is 17.8 Å². The van der Waals surface area contributed by atoms with Crippen LogP contribution < -0.4 is 5.32 Å². The van der Waals surface area contributed by atoms with E-state index in [-0.39, 0.29) is 0 Å².